The molecule has 0 bridgehead atoms. The van der Waals surface area contributed by atoms with Crippen molar-refractivity contribution in [3.63, 3.8) is 0 Å². The Hall–Kier alpha value is -2.62. The molecular formula is C16H12O4. The summed E-state index contributed by atoms with van der Waals surface area (Å²) in [5.41, 5.74) is 1.28. The molecule has 4 heteroatoms. The second kappa shape index (κ2) is 4.49. The van der Waals surface area contributed by atoms with Crippen LogP contribution < -0.4 is 0 Å². The molecule has 0 amide bonds. The average Bonchev–Trinajstić information content (AvgIpc) is 2.43. The summed E-state index contributed by atoms with van der Waals surface area (Å²) < 4.78 is 0. The lowest BCUT2D eigenvalue weighted by molar-refractivity contribution is -0.116. The van der Waals surface area contributed by atoms with Crippen LogP contribution in [0.2, 0.25) is 0 Å². The molecular weight excluding hydrogens is 256 g/mol. The molecule has 100 valence electrons. The number of hydrogen-bond donors (Lipinski definition) is 2. The highest BCUT2D eigenvalue weighted by molar-refractivity contribution is 6.47. The molecule has 0 aromatic heterocycles. The summed E-state index contributed by atoms with van der Waals surface area (Å²) in [6.45, 7) is 0. The maximum atomic E-state index is 12.2. The summed E-state index contributed by atoms with van der Waals surface area (Å²) in [6, 6.07) is 11.5. The normalized spacial score (nSPS) is 17.9. The largest absolute Gasteiger partial charge is 0.508 e. The molecule has 2 aromatic rings. The summed E-state index contributed by atoms with van der Waals surface area (Å²) >= 11 is 0. The predicted molar refractivity (Wildman–Crippen MR) is 72.0 cm³/mol. The van der Waals surface area contributed by atoms with Crippen LogP contribution in [-0.2, 0) is 11.2 Å². The van der Waals surface area contributed by atoms with Crippen LogP contribution in [0.15, 0.2) is 42.5 Å². The number of rotatable bonds is 1. The van der Waals surface area contributed by atoms with Crippen molar-refractivity contribution < 1.29 is 19.8 Å². The molecule has 2 aromatic carbocycles. The lowest BCUT2D eigenvalue weighted by Gasteiger charge is -2.23. The number of hydrogen-bond acceptors (Lipinski definition) is 4. The molecule has 2 N–H and O–H groups in total. The zero-order valence-corrected chi connectivity index (χ0v) is 10.5. The molecule has 0 saturated carbocycles. The quantitative estimate of drug-likeness (QED) is 0.777. The summed E-state index contributed by atoms with van der Waals surface area (Å²) in [4.78, 5) is 24.3. The van der Waals surface area contributed by atoms with Crippen LogP contribution in [0.3, 0.4) is 0 Å². The van der Waals surface area contributed by atoms with Gasteiger partial charge in [-0.1, -0.05) is 30.3 Å². The molecule has 0 spiro atoms. The SMILES string of the molecule is O=C1C(=O)C(c2ccccc2)Cc2cc(O)cc(O)c21. The zero-order valence-electron chi connectivity index (χ0n) is 10.5. The van der Waals surface area contributed by atoms with Gasteiger partial charge in [-0.05, 0) is 23.6 Å². The number of aromatic hydroxyl groups is 2. The van der Waals surface area contributed by atoms with Crippen molar-refractivity contribution in [2.24, 2.45) is 0 Å². The van der Waals surface area contributed by atoms with Crippen molar-refractivity contribution in [1.82, 2.24) is 0 Å². The first-order chi connectivity index (χ1) is 9.58. The molecule has 1 aliphatic rings. The van der Waals surface area contributed by atoms with Gasteiger partial charge < -0.3 is 10.2 Å². The van der Waals surface area contributed by atoms with E-state index in [2.05, 4.69) is 0 Å². The molecule has 0 fully saturated rings. The van der Waals surface area contributed by atoms with Gasteiger partial charge in [-0.25, -0.2) is 0 Å². The lowest BCUT2D eigenvalue weighted by atomic mass is 9.78. The van der Waals surface area contributed by atoms with E-state index in [4.69, 9.17) is 0 Å². The molecule has 1 unspecified atom stereocenters. The minimum absolute atomic E-state index is 0.0139. The minimum Gasteiger partial charge on any atom is -0.508 e. The standard InChI is InChI=1S/C16H12O4/c17-11-6-10-7-12(9-4-2-1-3-5-9)15(19)16(20)14(10)13(18)8-11/h1-6,8,12,17-18H,7H2. The van der Waals surface area contributed by atoms with E-state index in [1.165, 1.54) is 6.07 Å². The second-order valence-electron chi connectivity index (χ2n) is 4.86. The van der Waals surface area contributed by atoms with E-state index in [0.29, 0.717) is 12.0 Å². The summed E-state index contributed by atoms with van der Waals surface area (Å²) in [5.74, 6) is -2.24. The Morgan fingerprint density at radius 1 is 1.00 bits per heavy atom. The van der Waals surface area contributed by atoms with Crippen molar-refractivity contribution in [3.05, 3.63) is 59.2 Å². The Morgan fingerprint density at radius 3 is 2.40 bits per heavy atom. The van der Waals surface area contributed by atoms with Crippen molar-refractivity contribution in [3.8, 4) is 11.5 Å². The minimum atomic E-state index is -0.697. The Balaban J connectivity index is 2.12. The molecule has 20 heavy (non-hydrogen) atoms. The Bertz CT molecular complexity index is 704. The summed E-state index contributed by atoms with van der Waals surface area (Å²) in [5, 5.41) is 19.3. The number of benzene rings is 2. The number of fused-ring (bicyclic) bond motifs is 1. The molecule has 0 radical (unpaired) electrons. The Labute approximate surface area is 115 Å². The third kappa shape index (κ3) is 1.86. The first kappa shape index (κ1) is 12.4. The van der Waals surface area contributed by atoms with Gasteiger partial charge in [0.1, 0.15) is 11.5 Å². The lowest BCUT2D eigenvalue weighted by Crippen LogP contribution is -2.30. The highest BCUT2D eigenvalue weighted by Crippen LogP contribution is 2.36. The number of Topliss-reactive ketones (excluding diaryl/α,β-unsaturated/α-hetero) is 2. The molecule has 3 rings (SSSR count). The van der Waals surface area contributed by atoms with Gasteiger partial charge in [0.2, 0.25) is 11.6 Å². The highest BCUT2D eigenvalue weighted by atomic mass is 16.3. The third-order valence-electron chi connectivity index (χ3n) is 3.58. The van der Waals surface area contributed by atoms with Gasteiger partial charge in [-0.15, -0.1) is 0 Å². The molecule has 1 aliphatic carbocycles. The average molecular weight is 268 g/mol. The van der Waals surface area contributed by atoms with Crippen molar-refractivity contribution >= 4 is 11.6 Å². The van der Waals surface area contributed by atoms with Crippen LogP contribution in [0, 0.1) is 0 Å². The fraction of sp³-hybridized carbons (Fsp3) is 0.125. The van der Waals surface area contributed by atoms with Crippen molar-refractivity contribution in [2.45, 2.75) is 12.3 Å². The van der Waals surface area contributed by atoms with Crippen molar-refractivity contribution in [1.29, 1.82) is 0 Å². The smallest absolute Gasteiger partial charge is 0.233 e. The first-order valence-electron chi connectivity index (χ1n) is 6.26. The van der Waals surface area contributed by atoms with Gasteiger partial charge in [0.15, 0.2) is 0 Å². The second-order valence-corrected chi connectivity index (χ2v) is 4.86. The van der Waals surface area contributed by atoms with Gasteiger partial charge in [-0.3, -0.25) is 9.59 Å². The molecule has 0 aliphatic heterocycles. The van der Waals surface area contributed by atoms with Crippen LogP contribution >= 0.6 is 0 Å². The van der Waals surface area contributed by atoms with Gasteiger partial charge >= 0.3 is 0 Å². The zero-order chi connectivity index (χ0) is 14.3. The maximum absolute atomic E-state index is 12.2. The third-order valence-corrected chi connectivity index (χ3v) is 3.58. The van der Waals surface area contributed by atoms with E-state index < -0.39 is 17.5 Å². The number of phenolic OH excluding ortho intramolecular Hbond substituents is 2. The van der Waals surface area contributed by atoms with E-state index in [1.54, 1.807) is 12.1 Å². The van der Waals surface area contributed by atoms with E-state index in [0.717, 1.165) is 11.6 Å². The van der Waals surface area contributed by atoms with Crippen LogP contribution in [0.25, 0.3) is 0 Å². The molecule has 0 heterocycles. The number of phenols is 2. The summed E-state index contributed by atoms with van der Waals surface area (Å²) in [7, 11) is 0. The number of carbonyl (C=O) groups is 2. The number of ketones is 2. The topological polar surface area (TPSA) is 74.6 Å². The van der Waals surface area contributed by atoms with Gasteiger partial charge in [-0.2, -0.15) is 0 Å². The van der Waals surface area contributed by atoms with Gasteiger partial charge in [0.05, 0.1) is 11.5 Å². The molecule has 4 nitrogen and oxygen atoms in total. The van der Waals surface area contributed by atoms with E-state index in [-0.39, 0.29) is 17.1 Å². The Kier molecular flexibility index (Phi) is 2.79. The van der Waals surface area contributed by atoms with Crippen LogP contribution in [0.1, 0.15) is 27.4 Å². The molecule has 0 saturated heterocycles. The van der Waals surface area contributed by atoms with Gasteiger partial charge in [0.25, 0.3) is 0 Å². The van der Waals surface area contributed by atoms with E-state index in [1.807, 2.05) is 18.2 Å². The van der Waals surface area contributed by atoms with Crippen molar-refractivity contribution in [2.75, 3.05) is 0 Å². The molecule has 1 atom stereocenters. The predicted octanol–water partition coefficient (Wildman–Crippen LogP) is 2.19. The fourth-order valence-electron chi connectivity index (χ4n) is 2.64. The fourth-order valence-corrected chi connectivity index (χ4v) is 2.64. The van der Waals surface area contributed by atoms with Gasteiger partial charge in [0, 0.05) is 6.07 Å². The monoisotopic (exact) mass is 268 g/mol. The number of carbonyl (C=O) groups excluding carboxylic acids is 2. The summed E-state index contributed by atoms with van der Waals surface area (Å²) in [6.07, 6.45) is 0.297. The first-order valence-corrected chi connectivity index (χ1v) is 6.26. The van der Waals surface area contributed by atoms with Crippen LogP contribution in [0.4, 0.5) is 0 Å². The maximum Gasteiger partial charge on any atom is 0.233 e. The van der Waals surface area contributed by atoms with E-state index >= 15 is 0 Å². The Morgan fingerprint density at radius 2 is 1.70 bits per heavy atom. The van der Waals surface area contributed by atoms with Crippen LogP contribution in [-0.4, -0.2) is 21.8 Å². The van der Waals surface area contributed by atoms with E-state index in [9.17, 15) is 19.8 Å². The van der Waals surface area contributed by atoms with Crippen LogP contribution in [0.5, 0.6) is 11.5 Å². The highest BCUT2D eigenvalue weighted by Gasteiger charge is 2.36.